The van der Waals surface area contributed by atoms with Crippen LogP contribution in [0.4, 0.5) is 0 Å². The molecule has 1 fully saturated rings. The zero-order chi connectivity index (χ0) is 20.5. The minimum absolute atomic E-state index is 0.0345. The maximum absolute atomic E-state index is 13.3. The summed E-state index contributed by atoms with van der Waals surface area (Å²) >= 11 is 0. The van der Waals surface area contributed by atoms with Gasteiger partial charge in [0.1, 0.15) is 5.76 Å². The van der Waals surface area contributed by atoms with Crippen LogP contribution in [0.5, 0.6) is 0 Å². The standard InChI is InChI=1S/C21H28N2O4S/c1-15-14-16(2)18(4)21(17(15)3)28(25,26)23-11-9-22(10-12-23)20(24)8-7-19-6-5-13-27-19/h5-6,13-14H,7-12H2,1-4H3. The van der Waals surface area contributed by atoms with Gasteiger partial charge in [-0.1, -0.05) is 6.07 Å². The lowest BCUT2D eigenvalue weighted by atomic mass is 10.0. The lowest BCUT2D eigenvalue weighted by Gasteiger charge is -2.34. The van der Waals surface area contributed by atoms with E-state index in [1.54, 1.807) is 17.2 Å². The number of carbonyl (C=O) groups is 1. The molecule has 28 heavy (non-hydrogen) atoms. The van der Waals surface area contributed by atoms with Gasteiger partial charge in [-0.05, 0) is 62.1 Å². The molecule has 6 nitrogen and oxygen atoms in total. The molecule has 7 heteroatoms. The number of carbonyl (C=O) groups excluding carboxylic acids is 1. The molecule has 1 amide bonds. The molecule has 0 bridgehead atoms. The fraction of sp³-hybridized carbons (Fsp3) is 0.476. The highest BCUT2D eigenvalue weighted by atomic mass is 32.2. The minimum Gasteiger partial charge on any atom is -0.469 e. The Morgan fingerprint density at radius 3 is 2.18 bits per heavy atom. The molecule has 1 aromatic heterocycles. The second-order valence-corrected chi connectivity index (χ2v) is 9.33. The second kappa shape index (κ2) is 8.09. The number of aryl methyl sites for hydroxylation is 3. The SMILES string of the molecule is Cc1cc(C)c(C)c(S(=O)(=O)N2CCN(C(=O)CCc3ccco3)CC2)c1C. The third-order valence-electron chi connectivity index (χ3n) is 5.65. The Labute approximate surface area is 167 Å². The first-order valence-electron chi connectivity index (χ1n) is 9.59. The van der Waals surface area contributed by atoms with E-state index in [-0.39, 0.29) is 5.91 Å². The van der Waals surface area contributed by atoms with Crippen molar-refractivity contribution in [1.29, 1.82) is 0 Å². The van der Waals surface area contributed by atoms with Gasteiger partial charge in [-0.2, -0.15) is 4.31 Å². The molecule has 1 aliphatic rings. The van der Waals surface area contributed by atoms with Crippen molar-refractivity contribution in [2.45, 2.75) is 45.4 Å². The maximum Gasteiger partial charge on any atom is 0.243 e. The van der Waals surface area contributed by atoms with Crippen LogP contribution in [0.3, 0.4) is 0 Å². The fourth-order valence-electron chi connectivity index (χ4n) is 3.72. The Kier molecular flexibility index (Phi) is 5.95. The number of hydrogen-bond acceptors (Lipinski definition) is 4. The van der Waals surface area contributed by atoms with Gasteiger partial charge < -0.3 is 9.32 Å². The summed E-state index contributed by atoms with van der Waals surface area (Å²) in [5.74, 6) is 0.822. The number of benzene rings is 1. The van der Waals surface area contributed by atoms with Crippen molar-refractivity contribution in [3.8, 4) is 0 Å². The summed E-state index contributed by atoms with van der Waals surface area (Å²) in [7, 11) is -3.58. The highest BCUT2D eigenvalue weighted by molar-refractivity contribution is 7.89. The first kappa shape index (κ1) is 20.6. The lowest BCUT2D eigenvalue weighted by molar-refractivity contribution is -0.132. The van der Waals surface area contributed by atoms with Gasteiger partial charge in [0.15, 0.2) is 0 Å². The summed E-state index contributed by atoms with van der Waals surface area (Å²) in [6.45, 7) is 9.08. The van der Waals surface area contributed by atoms with Crippen molar-refractivity contribution in [2.75, 3.05) is 26.2 Å². The molecule has 2 aromatic rings. The molecule has 1 aromatic carbocycles. The zero-order valence-electron chi connectivity index (χ0n) is 17.0. The van der Waals surface area contributed by atoms with Crippen LogP contribution in [-0.4, -0.2) is 49.7 Å². The number of furan rings is 1. The first-order valence-corrected chi connectivity index (χ1v) is 11.0. The highest BCUT2D eigenvalue weighted by Crippen LogP contribution is 2.29. The zero-order valence-corrected chi connectivity index (χ0v) is 17.8. The van der Waals surface area contributed by atoms with Gasteiger partial charge in [-0.15, -0.1) is 0 Å². The van der Waals surface area contributed by atoms with Crippen molar-refractivity contribution in [2.24, 2.45) is 0 Å². The lowest BCUT2D eigenvalue weighted by Crippen LogP contribution is -2.50. The van der Waals surface area contributed by atoms with Gasteiger partial charge in [0.2, 0.25) is 15.9 Å². The van der Waals surface area contributed by atoms with Crippen LogP contribution >= 0.6 is 0 Å². The number of amides is 1. The van der Waals surface area contributed by atoms with E-state index in [2.05, 4.69) is 0 Å². The average molecular weight is 405 g/mol. The molecule has 0 unspecified atom stereocenters. The smallest absolute Gasteiger partial charge is 0.243 e. The fourth-order valence-corrected chi connectivity index (χ4v) is 5.72. The normalized spacial score (nSPS) is 15.8. The van der Waals surface area contributed by atoms with E-state index in [1.807, 2.05) is 39.8 Å². The van der Waals surface area contributed by atoms with Crippen LogP contribution in [0.15, 0.2) is 33.8 Å². The van der Waals surface area contributed by atoms with Gasteiger partial charge in [-0.3, -0.25) is 4.79 Å². The molecule has 0 spiro atoms. The van der Waals surface area contributed by atoms with E-state index in [4.69, 9.17) is 4.42 Å². The van der Waals surface area contributed by atoms with Crippen LogP contribution in [0.25, 0.3) is 0 Å². The Morgan fingerprint density at radius 2 is 1.64 bits per heavy atom. The van der Waals surface area contributed by atoms with Gasteiger partial charge in [0.25, 0.3) is 0 Å². The van der Waals surface area contributed by atoms with Gasteiger partial charge >= 0.3 is 0 Å². The molecule has 0 N–H and O–H groups in total. The van der Waals surface area contributed by atoms with Gasteiger partial charge in [0, 0.05) is 39.0 Å². The molecular weight excluding hydrogens is 376 g/mol. The number of rotatable bonds is 5. The maximum atomic E-state index is 13.3. The third-order valence-corrected chi connectivity index (χ3v) is 7.83. The van der Waals surface area contributed by atoms with Crippen molar-refractivity contribution >= 4 is 15.9 Å². The quantitative estimate of drug-likeness (QED) is 0.768. The summed E-state index contributed by atoms with van der Waals surface area (Å²) in [6, 6.07) is 5.69. The third kappa shape index (κ3) is 4.00. The van der Waals surface area contributed by atoms with Crippen LogP contribution in [-0.2, 0) is 21.2 Å². The topological polar surface area (TPSA) is 70.8 Å². The van der Waals surface area contributed by atoms with E-state index in [0.29, 0.717) is 43.9 Å². The van der Waals surface area contributed by atoms with Crippen molar-refractivity contribution in [1.82, 2.24) is 9.21 Å². The van der Waals surface area contributed by atoms with Crippen molar-refractivity contribution in [3.05, 3.63) is 52.5 Å². The van der Waals surface area contributed by atoms with E-state index < -0.39 is 10.0 Å². The summed E-state index contributed by atoms with van der Waals surface area (Å²) in [5, 5.41) is 0. The van der Waals surface area contributed by atoms with Crippen molar-refractivity contribution in [3.63, 3.8) is 0 Å². The van der Waals surface area contributed by atoms with Crippen LogP contribution < -0.4 is 0 Å². The molecule has 2 heterocycles. The summed E-state index contributed by atoms with van der Waals surface area (Å²) in [5.41, 5.74) is 3.57. The molecule has 1 saturated heterocycles. The summed E-state index contributed by atoms with van der Waals surface area (Å²) < 4.78 is 33.4. The molecule has 0 saturated carbocycles. The summed E-state index contributed by atoms with van der Waals surface area (Å²) in [6.07, 6.45) is 2.53. The van der Waals surface area contributed by atoms with E-state index >= 15 is 0 Å². The van der Waals surface area contributed by atoms with E-state index in [9.17, 15) is 13.2 Å². The van der Waals surface area contributed by atoms with Crippen molar-refractivity contribution < 1.29 is 17.6 Å². The molecule has 1 aliphatic heterocycles. The Hall–Kier alpha value is -2.12. The number of hydrogen-bond donors (Lipinski definition) is 0. The molecule has 152 valence electrons. The number of piperazine rings is 1. The van der Waals surface area contributed by atoms with E-state index in [1.165, 1.54) is 4.31 Å². The van der Waals surface area contributed by atoms with Crippen LogP contribution in [0.1, 0.15) is 34.4 Å². The first-order chi connectivity index (χ1) is 13.2. The number of sulfonamides is 1. The number of nitrogens with zero attached hydrogens (tertiary/aromatic N) is 2. The molecule has 0 aliphatic carbocycles. The van der Waals surface area contributed by atoms with E-state index in [0.717, 1.165) is 28.0 Å². The Balaban J connectivity index is 1.68. The highest BCUT2D eigenvalue weighted by Gasteiger charge is 2.32. The second-order valence-electron chi connectivity index (χ2n) is 7.45. The predicted molar refractivity (Wildman–Crippen MR) is 108 cm³/mol. The Morgan fingerprint density at radius 1 is 1.04 bits per heavy atom. The Bertz CT molecular complexity index is 931. The van der Waals surface area contributed by atoms with Crippen LogP contribution in [0.2, 0.25) is 0 Å². The predicted octanol–water partition coefficient (Wildman–Crippen LogP) is 2.98. The molecule has 3 rings (SSSR count). The molecule has 0 atom stereocenters. The minimum atomic E-state index is -3.58. The monoisotopic (exact) mass is 404 g/mol. The van der Waals surface area contributed by atoms with Crippen LogP contribution in [0, 0.1) is 27.7 Å². The van der Waals surface area contributed by atoms with Gasteiger partial charge in [-0.25, -0.2) is 8.42 Å². The average Bonchev–Trinajstić information content (AvgIpc) is 3.18. The molecule has 0 radical (unpaired) electrons. The molecular formula is C21H28N2O4S. The largest absolute Gasteiger partial charge is 0.469 e. The summed E-state index contributed by atoms with van der Waals surface area (Å²) in [4.78, 5) is 14.6. The van der Waals surface area contributed by atoms with Gasteiger partial charge in [0.05, 0.1) is 11.2 Å².